The summed E-state index contributed by atoms with van der Waals surface area (Å²) in [6.07, 6.45) is 0.523. The fourth-order valence-corrected chi connectivity index (χ4v) is 1.95. The number of thiocarbonyl (C=S) groups is 1. The second-order valence-electron chi connectivity index (χ2n) is 4.51. The van der Waals surface area contributed by atoms with E-state index in [0.29, 0.717) is 18.7 Å². The van der Waals surface area contributed by atoms with Crippen LogP contribution in [0.25, 0.3) is 0 Å². The number of aliphatic carboxylic acids is 1. The van der Waals surface area contributed by atoms with E-state index in [9.17, 15) is 9.90 Å². The third-order valence-corrected chi connectivity index (χ3v) is 3.31. The predicted octanol–water partition coefficient (Wildman–Crippen LogP) is 0.262. The van der Waals surface area contributed by atoms with Gasteiger partial charge in [0, 0.05) is 12.2 Å². The third-order valence-electron chi connectivity index (χ3n) is 2.84. The van der Waals surface area contributed by atoms with Gasteiger partial charge in [-0.15, -0.1) is 0 Å². The second-order valence-corrected chi connectivity index (χ2v) is 4.92. The molecular weight excluding hydrogens is 290 g/mol. The highest BCUT2D eigenvalue weighted by molar-refractivity contribution is 7.80. The molecule has 0 saturated heterocycles. The summed E-state index contributed by atoms with van der Waals surface area (Å²) in [4.78, 5) is 15.3. The molecule has 1 aromatic carbocycles. The van der Waals surface area contributed by atoms with Crippen molar-refractivity contribution < 1.29 is 9.90 Å². The number of hydrogen-bond acceptors (Lipinski definition) is 4. The van der Waals surface area contributed by atoms with E-state index >= 15 is 0 Å². The van der Waals surface area contributed by atoms with Gasteiger partial charge in [-0.3, -0.25) is 4.99 Å². The quantitative estimate of drug-likeness (QED) is 0.211. The first-order chi connectivity index (χ1) is 9.86. The number of para-hydroxylation sites is 1. The van der Waals surface area contributed by atoms with E-state index in [1.165, 1.54) is 0 Å². The molecule has 8 heteroatoms. The highest BCUT2D eigenvalue weighted by atomic mass is 32.1. The number of anilines is 1. The number of benzene rings is 1. The van der Waals surface area contributed by atoms with Gasteiger partial charge < -0.3 is 27.6 Å². The van der Waals surface area contributed by atoms with Gasteiger partial charge in [-0.1, -0.05) is 30.4 Å². The molecule has 1 atom stereocenters. The summed E-state index contributed by atoms with van der Waals surface area (Å²) in [7, 11) is 0. The summed E-state index contributed by atoms with van der Waals surface area (Å²) in [5.74, 6) is -1.24. The Bertz CT molecular complexity index is 531. The Kier molecular flexibility index (Phi) is 6.07. The van der Waals surface area contributed by atoms with E-state index in [0.717, 1.165) is 0 Å². The summed E-state index contributed by atoms with van der Waals surface area (Å²) < 4.78 is 0. The van der Waals surface area contributed by atoms with Crippen molar-refractivity contribution in [3.8, 4) is 0 Å². The molecular formula is C13H19N5O2S. The van der Waals surface area contributed by atoms with Crippen molar-refractivity contribution in [2.75, 3.05) is 11.9 Å². The zero-order chi connectivity index (χ0) is 15.9. The predicted molar refractivity (Wildman–Crippen MR) is 87.1 cm³/mol. The highest BCUT2D eigenvalue weighted by Gasteiger charge is 2.38. The van der Waals surface area contributed by atoms with Crippen LogP contribution in [-0.4, -0.2) is 34.1 Å². The molecule has 0 aliphatic rings. The molecule has 0 spiro atoms. The summed E-state index contributed by atoms with van der Waals surface area (Å²) in [5.41, 5.74) is 15.4. The summed E-state index contributed by atoms with van der Waals surface area (Å²) in [6, 6.07) is 9.00. The van der Waals surface area contributed by atoms with Crippen LogP contribution in [0.15, 0.2) is 35.3 Å². The highest BCUT2D eigenvalue weighted by Crippen LogP contribution is 2.16. The van der Waals surface area contributed by atoms with E-state index in [-0.39, 0.29) is 17.4 Å². The summed E-state index contributed by atoms with van der Waals surface area (Å²) >= 11 is 5.15. The lowest BCUT2D eigenvalue weighted by Crippen LogP contribution is -2.56. The molecule has 0 heterocycles. The lowest BCUT2D eigenvalue weighted by atomic mass is 9.94. The van der Waals surface area contributed by atoms with Gasteiger partial charge in [0.1, 0.15) is 4.99 Å². The number of nitrogens with zero attached hydrogens (tertiary/aromatic N) is 1. The van der Waals surface area contributed by atoms with Crippen LogP contribution in [-0.2, 0) is 4.79 Å². The Balaban J connectivity index is 2.72. The third kappa shape index (κ3) is 5.01. The van der Waals surface area contributed by atoms with Gasteiger partial charge >= 0.3 is 5.97 Å². The molecule has 0 aromatic heterocycles. The SMILES string of the molecule is NC(N)=NCCCC(N)(C(=O)O)C(=S)Nc1ccccc1. The number of carboxylic acids is 1. The number of guanidine groups is 1. The maximum atomic E-state index is 11.4. The first-order valence-electron chi connectivity index (χ1n) is 6.30. The maximum Gasteiger partial charge on any atom is 0.330 e. The van der Waals surface area contributed by atoms with Crippen LogP contribution in [0.3, 0.4) is 0 Å². The van der Waals surface area contributed by atoms with Crippen molar-refractivity contribution in [2.24, 2.45) is 22.2 Å². The van der Waals surface area contributed by atoms with Crippen molar-refractivity contribution in [3.05, 3.63) is 30.3 Å². The minimum atomic E-state index is -1.66. The Morgan fingerprint density at radius 2 is 1.95 bits per heavy atom. The monoisotopic (exact) mass is 309 g/mol. The van der Waals surface area contributed by atoms with Crippen LogP contribution in [0.5, 0.6) is 0 Å². The van der Waals surface area contributed by atoms with Gasteiger partial charge in [0.15, 0.2) is 11.5 Å². The second kappa shape index (κ2) is 7.55. The summed E-state index contributed by atoms with van der Waals surface area (Å²) in [5, 5.41) is 12.2. The van der Waals surface area contributed by atoms with Crippen LogP contribution in [0.1, 0.15) is 12.8 Å². The number of hydrogen-bond donors (Lipinski definition) is 5. The first-order valence-corrected chi connectivity index (χ1v) is 6.71. The first kappa shape index (κ1) is 16.9. The van der Waals surface area contributed by atoms with Crippen LogP contribution < -0.4 is 22.5 Å². The maximum absolute atomic E-state index is 11.4. The van der Waals surface area contributed by atoms with E-state index < -0.39 is 11.5 Å². The fourth-order valence-electron chi connectivity index (χ4n) is 1.65. The minimum Gasteiger partial charge on any atom is -0.480 e. The Morgan fingerprint density at radius 3 is 2.48 bits per heavy atom. The Morgan fingerprint density at radius 1 is 1.33 bits per heavy atom. The van der Waals surface area contributed by atoms with E-state index in [1.807, 2.05) is 18.2 Å². The lowest BCUT2D eigenvalue weighted by molar-refractivity contribution is -0.140. The molecule has 1 rings (SSSR count). The molecule has 1 aromatic rings. The van der Waals surface area contributed by atoms with Crippen molar-refractivity contribution in [3.63, 3.8) is 0 Å². The van der Waals surface area contributed by atoms with Gasteiger partial charge in [-0.05, 0) is 25.0 Å². The molecule has 0 aliphatic heterocycles. The van der Waals surface area contributed by atoms with E-state index in [4.69, 9.17) is 29.4 Å². The van der Waals surface area contributed by atoms with Gasteiger partial charge in [-0.25, -0.2) is 4.79 Å². The molecule has 0 bridgehead atoms. The molecule has 0 amide bonds. The lowest BCUT2D eigenvalue weighted by Gasteiger charge is -2.26. The molecule has 0 radical (unpaired) electrons. The molecule has 0 saturated carbocycles. The average molecular weight is 309 g/mol. The minimum absolute atomic E-state index is 0.0436. The van der Waals surface area contributed by atoms with Crippen LogP contribution in [0.2, 0.25) is 0 Å². The van der Waals surface area contributed by atoms with E-state index in [1.54, 1.807) is 12.1 Å². The van der Waals surface area contributed by atoms with Crippen LogP contribution >= 0.6 is 12.2 Å². The number of rotatable bonds is 7. The number of nitrogens with one attached hydrogen (secondary N) is 1. The van der Waals surface area contributed by atoms with Crippen molar-refractivity contribution >= 4 is 34.8 Å². The number of carbonyl (C=O) groups is 1. The molecule has 114 valence electrons. The van der Waals surface area contributed by atoms with Crippen molar-refractivity contribution in [2.45, 2.75) is 18.4 Å². The van der Waals surface area contributed by atoms with Gasteiger partial charge in [0.05, 0.1) is 0 Å². The van der Waals surface area contributed by atoms with Gasteiger partial charge in [-0.2, -0.15) is 0 Å². The summed E-state index contributed by atoms with van der Waals surface area (Å²) in [6.45, 7) is 0.294. The molecule has 21 heavy (non-hydrogen) atoms. The van der Waals surface area contributed by atoms with Crippen LogP contribution in [0.4, 0.5) is 5.69 Å². The van der Waals surface area contributed by atoms with Crippen molar-refractivity contribution in [1.29, 1.82) is 0 Å². The Labute approximate surface area is 128 Å². The molecule has 0 fully saturated rings. The molecule has 1 unspecified atom stereocenters. The fraction of sp³-hybridized carbons (Fsp3) is 0.308. The Hall–Kier alpha value is -2.19. The van der Waals surface area contributed by atoms with E-state index in [2.05, 4.69) is 10.3 Å². The van der Waals surface area contributed by atoms with Gasteiger partial charge in [0.25, 0.3) is 0 Å². The van der Waals surface area contributed by atoms with Gasteiger partial charge in [0.2, 0.25) is 0 Å². The smallest absolute Gasteiger partial charge is 0.330 e. The standard InChI is InChI=1S/C13H19N5O2S/c14-12(15)17-8-4-7-13(16,11(19)20)10(21)18-9-5-2-1-3-6-9/h1-3,5-6H,4,7-8,16H2,(H,18,21)(H,19,20)(H4,14,15,17). The number of carboxylic acid groups (broad SMARTS) is 1. The zero-order valence-electron chi connectivity index (χ0n) is 11.5. The molecule has 0 aliphatic carbocycles. The molecule has 8 N–H and O–H groups in total. The van der Waals surface area contributed by atoms with Crippen molar-refractivity contribution in [1.82, 2.24) is 0 Å². The van der Waals surface area contributed by atoms with Crippen LogP contribution in [0, 0.1) is 0 Å². The number of nitrogens with two attached hydrogens (primary N) is 3. The normalized spacial score (nSPS) is 13.0. The zero-order valence-corrected chi connectivity index (χ0v) is 12.3. The molecule has 7 nitrogen and oxygen atoms in total. The largest absolute Gasteiger partial charge is 0.480 e. The average Bonchev–Trinajstić information content (AvgIpc) is 2.43. The number of aliphatic imine (C=N–C) groups is 1. The topological polar surface area (TPSA) is 140 Å².